The predicted molar refractivity (Wildman–Crippen MR) is 125 cm³/mol. The summed E-state index contributed by atoms with van der Waals surface area (Å²) in [7, 11) is -4.22. The van der Waals surface area contributed by atoms with E-state index in [0.717, 1.165) is 0 Å². The number of aromatic amines is 1. The molecule has 1 aliphatic rings. The quantitative estimate of drug-likeness (QED) is 0.660. The molecular formula is C21H40N2O5Si2. The van der Waals surface area contributed by atoms with E-state index in [1.807, 2.05) is 0 Å². The molecule has 0 aromatic carbocycles. The Morgan fingerprint density at radius 1 is 1.00 bits per heavy atom. The molecule has 7 nitrogen and oxygen atoms in total. The first-order valence-corrected chi connectivity index (χ1v) is 16.5. The van der Waals surface area contributed by atoms with Crippen molar-refractivity contribution in [3.63, 3.8) is 0 Å². The van der Waals surface area contributed by atoms with Crippen LogP contribution in [0.3, 0.4) is 0 Å². The van der Waals surface area contributed by atoms with Gasteiger partial charge in [0.15, 0.2) is 22.9 Å². The molecule has 1 fully saturated rings. The van der Waals surface area contributed by atoms with Crippen molar-refractivity contribution in [2.24, 2.45) is 0 Å². The first-order chi connectivity index (χ1) is 13.4. The number of hydrogen-bond acceptors (Lipinski definition) is 5. The fraction of sp³-hybridized carbons (Fsp3) is 0.810. The largest absolute Gasteiger partial charge is 0.409 e. The number of hydrogen-bond donors (Lipinski definition) is 1. The van der Waals surface area contributed by atoms with Gasteiger partial charge in [0.2, 0.25) is 0 Å². The van der Waals surface area contributed by atoms with E-state index in [-0.39, 0.29) is 21.7 Å². The maximum absolute atomic E-state index is 12.4. The summed E-state index contributed by atoms with van der Waals surface area (Å²) in [5.74, 6) is 0. The molecule has 1 aliphatic heterocycles. The zero-order valence-electron chi connectivity index (χ0n) is 20.5. The van der Waals surface area contributed by atoms with Crippen LogP contribution in [0.15, 0.2) is 15.8 Å². The lowest BCUT2D eigenvalue weighted by atomic mass is 10.2. The molecule has 0 bridgehead atoms. The van der Waals surface area contributed by atoms with Crippen molar-refractivity contribution >= 4 is 16.6 Å². The number of H-pyrrole nitrogens is 1. The summed E-state index contributed by atoms with van der Waals surface area (Å²) >= 11 is 0. The van der Waals surface area contributed by atoms with Gasteiger partial charge in [-0.15, -0.1) is 0 Å². The SMILES string of the molecule is Cc1cn([C@H]2C[C@@H](O[Si](C)(C)C(C)(C)C)[C@@H](O[Si](C)(C)C(C)(C)C)O2)c(=O)[nH]c1=O. The van der Waals surface area contributed by atoms with Gasteiger partial charge >= 0.3 is 5.69 Å². The molecular weight excluding hydrogens is 416 g/mol. The van der Waals surface area contributed by atoms with Crippen LogP contribution in [0.5, 0.6) is 0 Å². The van der Waals surface area contributed by atoms with Crippen molar-refractivity contribution in [3.05, 3.63) is 32.6 Å². The van der Waals surface area contributed by atoms with Crippen LogP contribution in [0.1, 0.15) is 59.8 Å². The Labute approximate surface area is 182 Å². The average molecular weight is 457 g/mol. The molecule has 0 aliphatic carbocycles. The molecule has 9 heteroatoms. The van der Waals surface area contributed by atoms with Crippen molar-refractivity contribution in [3.8, 4) is 0 Å². The normalized spacial score (nSPS) is 23.8. The minimum Gasteiger partial charge on any atom is -0.409 e. The molecule has 0 radical (unpaired) electrons. The molecule has 2 heterocycles. The van der Waals surface area contributed by atoms with Gasteiger partial charge in [-0.3, -0.25) is 14.3 Å². The summed E-state index contributed by atoms with van der Waals surface area (Å²) in [4.78, 5) is 26.6. The fourth-order valence-electron chi connectivity index (χ4n) is 2.82. The lowest BCUT2D eigenvalue weighted by molar-refractivity contribution is -0.130. The summed E-state index contributed by atoms with van der Waals surface area (Å²) in [6, 6.07) is 0. The van der Waals surface area contributed by atoms with Gasteiger partial charge in [-0.1, -0.05) is 41.5 Å². The highest BCUT2D eigenvalue weighted by molar-refractivity contribution is 6.74. The molecule has 0 unspecified atom stereocenters. The lowest BCUT2D eigenvalue weighted by Gasteiger charge is -2.42. The Hall–Kier alpha value is -1.01. The van der Waals surface area contributed by atoms with E-state index in [1.165, 1.54) is 4.57 Å². The second-order valence-electron chi connectivity index (χ2n) is 11.5. The van der Waals surface area contributed by atoms with Gasteiger partial charge in [0.05, 0.1) is 6.10 Å². The first-order valence-electron chi connectivity index (χ1n) is 10.7. The van der Waals surface area contributed by atoms with Gasteiger partial charge < -0.3 is 13.6 Å². The second kappa shape index (κ2) is 8.16. The number of aryl methyl sites for hydroxylation is 1. The zero-order chi connectivity index (χ0) is 23.3. The topological polar surface area (TPSA) is 82.6 Å². The number of nitrogens with one attached hydrogen (secondary N) is 1. The maximum Gasteiger partial charge on any atom is 0.330 e. The Kier molecular flexibility index (Phi) is 6.87. The molecule has 1 N–H and O–H groups in total. The smallest absolute Gasteiger partial charge is 0.330 e. The zero-order valence-corrected chi connectivity index (χ0v) is 22.5. The van der Waals surface area contributed by atoms with Gasteiger partial charge in [0.25, 0.3) is 5.56 Å². The molecule has 0 saturated carbocycles. The number of ether oxygens (including phenoxy) is 1. The van der Waals surface area contributed by atoms with E-state index in [0.29, 0.717) is 12.0 Å². The van der Waals surface area contributed by atoms with E-state index < -0.39 is 34.8 Å². The lowest BCUT2D eigenvalue weighted by Crippen LogP contribution is -2.50. The molecule has 2 rings (SSSR count). The standard InChI is InChI=1S/C21H40N2O5Si2/c1-14-13-23(19(25)22-17(14)24)16-12-15(27-29(8,9)20(2,3)4)18(26-16)28-30(10,11)21(5,6)7/h13,15-16,18H,12H2,1-11H3,(H,22,24,25)/t15-,16-,18-/m1/s1. The first kappa shape index (κ1) is 25.3. The van der Waals surface area contributed by atoms with Crippen LogP contribution in [0.2, 0.25) is 36.3 Å². The van der Waals surface area contributed by atoms with Crippen LogP contribution in [-0.4, -0.2) is 38.6 Å². The van der Waals surface area contributed by atoms with Gasteiger partial charge in [-0.2, -0.15) is 0 Å². The summed E-state index contributed by atoms with van der Waals surface area (Å²) in [6.07, 6.45) is 0.687. The summed E-state index contributed by atoms with van der Waals surface area (Å²) in [6.45, 7) is 23.6. The van der Waals surface area contributed by atoms with Crippen LogP contribution in [0.25, 0.3) is 0 Å². The van der Waals surface area contributed by atoms with E-state index in [2.05, 4.69) is 72.7 Å². The van der Waals surface area contributed by atoms with Crippen LogP contribution >= 0.6 is 0 Å². The summed E-state index contributed by atoms with van der Waals surface area (Å²) in [5, 5.41) is 0.0550. The minimum absolute atomic E-state index is 0.0153. The third kappa shape index (κ3) is 5.24. The van der Waals surface area contributed by atoms with Gasteiger partial charge in [-0.05, 0) is 43.2 Å². The van der Waals surface area contributed by atoms with Crippen molar-refractivity contribution in [1.29, 1.82) is 0 Å². The molecule has 3 atom stereocenters. The van der Waals surface area contributed by atoms with E-state index in [1.54, 1.807) is 13.1 Å². The third-order valence-corrected chi connectivity index (χ3v) is 15.9. The summed E-state index contributed by atoms with van der Waals surface area (Å²) in [5.41, 5.74) is -0.388. The summed E-state index contributed by atoms with van der Waals surface area (Å²) < 4.78 is 21.0. The number of nitrogens with zero attached hydrogens (tertiary/aromatic N) is 1. The molecule has 1 saturated heterocycles. The van der Waals surface area contributed by atoms with Gasteiger partial charge in [0.1, 0.15) is 6.23 Å². The predicted octanol–water partition coefficient (Wildman–Crippen LogP) is 4.50. The Bertz CT molecular complexity index is 841. The Balaban J connectivity index is 2.40. The van der Waals surface area contributed by atoms with Gasteiger partial charge in [0, 0.05) is 18.2 Å². The fourth-order valence-corrected chi connectivity index (χ4v) is 5.28. The van der Waals surface area contributed by atoms with Crippen LogP contribution in [0.4, 0.5) is 0 Å². The van der Waals surface area contributed by atoms with E-state index in [4.69, 9.17) is 13.6 Å². The third-order valence-electron chi connectivity index (χ3n) is 6.95. The van der Waals surface area contributed by atoms with Crippen molar-refractivity contribution in [2.45, 2.75) is 110 Å². The molecule has 0 spiro atoms. The average Bonchev–Trinajstić information content (AvgIpc) is 2.89. The Morgan fingerprint density at radius 2 is 1.50 bits per heavy atom. The minimum atomic E-state index is -2.13. The Morgan fingerprint density at radius 3 is 2.00 bits per heavy atom. The van der Waals surface area contributed by atoms with Crippen molar-refractivity contribution in [2.75, 3.05) is 0 Å². The van der Waals surface area contributed by atoms with E-state index >= 15 is 0 Å². The molecule has 172 valence electrons. The second-order valence-corrected chi connectivity index (χ2v) is 21.0. The molecule has 30 heavy (non-hydrogen) atoms. The van der Waals surface area contributed by atoms with Crippen molar-refractivity contribution in [1.82, 2.24) is 9.55 Å². The van der Waals surface area contributed by atoms with Crippen LogP contribution in [-0.2, 0) is 13.6 Å². The number of aromatic nitrogens is 2. The number of rotatable bonds is 5. The monoisotopic (exact) mass is 456 g/mol. The molecule has 0 amide bonds. The highest BCUT2D eigenvalue weighted by Crippen LogP contribution is 2.44. The van der Waals surface area contributed by atoms with Crippen molar-refractivity contribution < 1.29 is 13.6 Å². The molecule has 1 aromatic heterocycles. The van der Waals surface area contributed by atoms with E-state index in [9.17, 15) is 9.59 Å². The van der Waals surface area contributed by atoms with Crippen LogP contribution < -0.4 is 11.2 Å². The highest BCUT2D eigenvalue weighted by atomic mass is 28.4. The molecule has 1 aromatic rings. The highest BCUT2D eigenvalue weighted by Gasteiger charge is 2.49. The van der Waals surface area contributed by atoms with Gasteiger partial charge in [-0.25, -0.2) is 4.79 Å². The maximum atomic E-state index is 12.4. The van der Waals surface area contributed by atoms with Crippen LogP contribution in [0, 0.1) is 6.92 Å².